The molecule has 3 rings (SSSR count). The van der Waals surface area contributed by atoms with E-state index in [0.717, 1.165) is 43.4 Å². The summed E-state index contributed by atoms with van der Waals surface area (Å²) in [4.78, 5) is 12.8. The molecule has 1 aromatic rings. The van der Waals surface area contributed by atoms with Gasteiger partial charge in [-0.2, -0.15) is 5.10 Å². The highest BCUT2D eigenvalue weighted by Gasteiger charge is 2.20. The van der Waals surface area contributed by atoms with Gasteiger partial charge in [-0.3, -0.25) is 4.79 Å². The Kier molecular flexibility index (Phi) is 7.49. The Balaban J connectivity index is 1.60. The van der Waals surface area contributed by atoms with E-state index < -0.39 is 5.82 Å². The Hall–Kier alpha value is -1.19. The van der Waals surface area contributed by atoms with Gasteiger partial charge in [0.15, 0.2) is 5.11 Å². The number of carbonyl (C=O) groups excluding carboxylic acids is 1. The molecule has 0 aromatic heterocycles. The molecule has 1 aliphatic heterocycles. The Labute approximate surface area is 176 Å². The Morgan fingerprint density at radius 2 is 2.19 bits per heavy atom. The van der Waals surface area contributed by atoms with Crippen LogP contribution < -0.4 is 5.32 Å². The van der Waals surface area contributed by atoms with E-state index in [1.807, 2.05) is 0 Å². The minimum absolute atomic E-state index is 0.0504. The van der Waals surface area contributed by atoms with Crippen molar-refractivity contribution in [3.63, 3.8) is 0 Å². The van der Waals surface area contributed by atoms with E-state index in [9.17, 15) is 9.18 Å². The van der Waals surface area contributed by atoms with Gasteiger partial charge in [-0.25, -0.2) is 9.40 Å². The fourth-order valence-corrected chi connectivity index (χ4v) is 4.63. The number of carbonyl (C=O) groups is 1. The Bertz CT molecular complexity index is 742. The molecule has 1 saturated carbocycles. The van der Waals surface area contributed by atoms with Crippen LogP contribution in [0.5, 0.6) is 0 Å². The first-order valence-corrected chi connectivity index (χ1v) is 11.1. The van der Waals surface area contributed by atoms with E-state index >= 15 is 0 Å². The van der Waals surface area contributed by atoms with Crippen molar-refractivity contribution < 1.29 is 13.9 Å². The molecule has 1 aliphatic carbocycles. The lowest BCUT2D eigenvalue weighted by molar-refractivity contribution is -0.145. The zero-order valence-electron chi connectivity index (χ0n) is 14.7. The average molecular weight is 474 g/mol. The van der Waals surface area contributed by atoms with E-state index in [1.165, 1.54) is 17.8 Å². The van der Waals surface area contributed by atoms with E-state index in [4.69, 9.17) is 17.0 Å². The van der Waals surface area contributed by atoms with E-state index in [1.54, 1.807) is 17.3 Å². The van der Waals surface area contributed by atoms with Crippen LogP contribution in [0, 0.1) is 5.82 Å². The molecule has 0 radical (unpaired) electrons. The summed E-state index contributed by atoms with van der Waals surface area (Å²) in [5.41, 5.74) is 0.260. The first kappa shape index (κ1) is 20.5. The number of hydrogen-bond donors (Lipinski definition) is 1. The van der Waals surface area contributed by atoms with Crippen molar-refractivity contribution in [2.24, 2.45) is 5.10 Å². The summed E-state index contributed by atoms with van der Waals surface area (Å²) < 4.78 is 20.4. The summed E-state index contributed by atoms with van der Waals surface area (Å²) >= 11 is 9.98. The summed E-state index contributed by atoms with van der Waals surface area (Å²) in [7, 11) is 0. The van der Waals surface area contributed by atoms with Crippen molar-refractivity contribution in [1.29, 1.82) is 0 Å². The maximum atomic E-state index is 14.3. The van der Waals surface area contributed by atoms with E-state index in [-0.39, 0.29) is 23.5 Å². The van der Waals surface area contributed by atoms with E-state index in [0.29, 0.717) is 16.1 Å². The van der Waals surface area contributed by atoms with Gasteiger partial charge >= 0.3 is 5.97 Å². The number of thioether (sulfide) groups is 1. The van der Waals surface area contributed by atoms with Crippen molar-refractivity contribution >= 4 is 62.9 Å². The van der Waals surface area contributed by atoms with Gasteiger partial charge in [0.05, 0.1) is 11.4 Å². The second kappa shape index (κ2) is 9.84. The normalized spacial score (nSPS) is 17.2. The van der Waals surface area contributed by atoms with Crippen LogP contribution in [0.3, 0.4) is 0 Å². The molecule has 1 aromatic carbocycles. The first-order chi connectivity index (χ1) is 13.0. The first-order valence-electron chi connectivity index (χ1n) is 8.95. The standard InChI is InChI=1S/C18H21BrFN3O2S2/c19-13-9-14(20)15(22-18(26)23-8-4-3-7-21-23)10-16(13)27-11-17(24)25-12-5-1-2-6-12/h7,9-10,12H,1-6,8,11H2,(H,22,26). The van der Waals surface area contributed by atoms with Gasteiger partial charge in [-0.05, 0) is 78.8 Å². The number of hydrogen-bond acceptors (Lipinski definition) is 5. The predicted octanol–water partition coefficient (Wildman–Crippen LogP) is 4.94. The molecule has 9 heteroatoms. The topological polar surface area (TPSA) is 53.9 Å². The number of ether oxygens (including phenoxy) is 1. The molecule has 2 aliphatic rings. The van der Waals surface area contributed by atoms with Gasteiger partial charge in [-0.1, -0.05) is 0 Å². The minimum atomic E-state index is -0.428. The third-order valence-corrected chi connectivity index (χ3v) is 6.63. The van der Waals surface area contributed by atoms with Crippen molar-refractivity contribution in [3.8, 4) is 0 Å². The molecule has 1 N–H and O–H groups in total. The third-order valence-electron chi connectivity index (χ3n) is 4.37. The number of anilines is 1. The second-order valence-electron chi connectivity index (χ2n) is 6.44. The number of thiocarbonyl (C=S) groups is 1. The van der Waals surface area contributed by atoms with Crippen molar-refractivity contribution in [2.45, 2.75) is 49.5 Å². The number of nitrogens with zero attached hydrogens (tertiary/aromatic N) is 2. The zero-order valence-corrected chi connectivity index (χ0v) is 18.0. The van der Waals surface area contributed by atoms with Crippen LogP contribution >= 0.6 is 39.9 Å². The molecule has 0 unspecified atom stereocenters. The predicted molar refractivity (Wildman–Crippen MR) is 114 cm³/mol. The molecule has 27 heavy (non-hydrogen) atoms. The summed E-state index contributed by atoms with van der Waals surface area (Å²) in [6, 6.07) is 3.02. The largest absolute Gasteiger partial charge is 0.462 e. The fraction of sp³-hybridized carbons (Fsp3) is 0.500. The molecule has 146 valence electrons. The number of halogens is 2. The van der Waals surface area contributed by atoms with Crippen molar-refractivity contribution in [1.82, 2.24) is 5.01 Å². The van der Waals surface area contributed by atoms with Crippen LogP contribution in [-0.2, 0) is 9.53 Å². The number of esters is 1. The monoisotopic (exact) mass is 473 g/mol. The molecule has 0 amide bonds. The maximum absolute atomic E-state index is 14.3. The zero-order chi connectivity index (χ0) is 19.2. The molecule has 1 fully saturated rings. The average Bonchev–Trinajstić information content (AvgIpc) is 3.16. The molecular formula is C18H21BrFN3O2S2. The lowest BCUT2D eigenvalue weighted by Gasteiger charge is -2.23. The smallest absolute Gasteiger partial charge is 0.316 e. The number of nitrogens with one attached hydrogen (secondary N) is 1. The van der Waals surface area contributed by atoms with Crippen LogP contribution in [0.4, 0.5) is 10.1 Å². The van der Waals surface area contributed by atoms with Crippen LogP contribution in [-0.4, -0.2) is 40.7 Å². The molecule has 0 bridgehead atoms. The number of rotatable bonds is 5. The fourth-order valence-electron chi connectivity index (χ4n) is 2.98. The Morgan fingerprint density at radius 3 is 2.89 bits per heavy atom. The molecule has 0 spiro atoms. The van der Waals surface area contributed by atoms with Crippen molar-refractivity contribution in [2.75, 3.05) is 17.6 Å². The summed E-state index contributed by atoms with van der Waals surface area (Å²) in [5, 5.41) is 9.12. The van der Waals surface area contributed by atoms with Crippen LogP contribution in [0.1, 0.15) is 38.5 Å². The highest BCUT2D eigenvalue weighted by molar-refractivity contribution is 9.10. The minimum Gasteiger partial charge on any atom is -0.462 e. The second-order valence-corrected chi connectivity index (χ2v) is 8.70. The van der Waals surface area contributed by atoms with Gasteiger partial charge in [0.2, 0.25) is 0 Å². The van der Waals surface area contributed by atoms with Gasteiger partial charge in [0.1, 0.15) is 11.9 Å². The molecule has 0 saturated heterocycles. The van der Waals surface area contributed by atoms with E-state index in [2.05, 4.69) is 26.3 Å². The lowest BCUT2D eigenvalue weighted by atomic mass is 10.3. The third kappa shape index (κ3) is 5.89. The van der Waals surface area contributed by atoms with Gasteiger partial charge in [0, 0.05) is 22.1 Å². The van der Waals surface area contributed by atoms with Gasteiger partial charge < -0.3 is 10.1 Å². The van der Waals surface area contributed by atoms with Gasteiger partial charge in [0.25, 0.3) is 0 Å². The van der Waals surface area contributed by atoms with Crippen LogP contribution in [0.2, 0.25) is 0 Å². The summed E-state index contributed by atoms with van der Waals surface area (Å²) in [6.45, 7) is 0.703. The number of benzene rings is 1. The SMILES string of the molecule is O=C(CSc1cc(NC(=S)N2CCCC=N2)c(F)cc1Br)OC1CCCC1. The summed E-state index contributed by atoms with van der Waals surface area (Å²) in [5.74, 6) is -0.486. The maximum Gasteiger partial charge on any atom is 0.316 e. The highest BCUT2D eigenvalue weighted by atomic mass is 79.9. The van der Waals surface area contributed by atoms with Crippen LogP contribution in [0.25, 0.3) is 0 Å². The molecule has 5 nitrogen and oxygen atoms in total. The highest BCUT2D eigenvalue weighted by Crippen LogP contribution is 2.33. The lowest BCUT2D eigenvalue weighted by Crippen LogP contribution is -2.33. The van der Waals surface area contributed by atoms with Gasteiger partial charge in [-0.15, -0.1) is 11.8 Å². The van der Waals surface area contributed by atoms with Crippen LogP contribution in [0.15, 0.2) is 26.6 Å². The van der Waals surface area contributed by atoms with Crippen molar-refractivity contribution in [3.05, 3.63) is 22.4 Å². The molecule has 0 atom stereocenters. The molecular weight excluding hydrogens is 453 g/mol. The Morgan fingerprint density at radius 1 is 1.41 bits per heavy atom. The summed E-state index contributed by atoms with van der Waals surface area (Å²) in [6.07, 6.45) is 7.85. The molecule has 1 heterocycles. The quantitative estimate of drug-likeness (QED) is 0.371. The number of hydrazone groups is 1.